The van der Waals surface area contributed by atoms with Crippen LogP contribution in [-0.4, -0.2) is 36.3 Å². The summed E-state index contributed by atoms with van der Waals surface area (Å²) in [6.45, 7) is 1.39. The molecule has 0 bridgehead atoms. The zero-order chi connectivity index (χ0) is 20.5. The van der Waals surface area contributed by atoms with Crippen molar-refractivity contribution >= 4 is 46.5 Å². The maximum atomic E-state index is 12.8. The number of carbonyl (C=O) groups excluding carboxylic acids is 3. The van der Waals surface area contributed by atoms with Gasteiger partial charge in [-0.2, -0.15) is 0 Å². The highest BCUT2D eigenvalue weighted by molar-refractivity contribution is 8.00. The van der Waals surface area contributed by atoms with Gasteiger partial charge in [-0.3, -0.25) is 14.4 Å². The molecule has 3 N–H and O–H groups in total. The van der Waals surface area contributed by atoms with Crippen molar-refractivity contribution in [2.24, 2.45) is 0 Å². The highest BCUT2D eigenvalue weighted by Crippen LogP contribution is 2.28. The molecule has 2 aromatic rings. The Hall–Kier alpha value is -3.07. The molecule has 7 nitrogen and oxygen atoms in total. The van der Waals surface area contributed by atoms with Crippen LogP contribution in [0.5, 0.6) is 5.75 Å². The Morgan fingerprint density at radius 2 is 1.54 bits per heavy atom. The summed E-state index contributed by atoms with van der Waals surface area (Å²) in [6, 6.07) is 10.3. The molecule has 0 atom stereocenters. The average molecular weight is 405 g/mol. The number of thioether (sulfide) groups is 1. The second kappa shape index (κ2) is 10.3. The third-order valence-electron chi connectivity index (χ3n) is 3.39. The van der Waals surface area contributed by atoms with E-state index in [1.807, 2.05) is 0 Å². The molecule has 0 aliphatic carbocycles. The fourth-order valence-electron chi connectivity index (χ4n) is 2.24. The van der Waals surface area contributed by atoms with E-state index < -0.39 is 0 Å². The van der Waals surface area contributed by atoms with Crippen molar-refractivity contribution in [3.8, 4) is 5.75 Å². The summed E-state index contributed by atoms with van der Waals surface area (Å²) in [5.74, 6) is -0.681. The minimum Gasteiger partial charge on any atom is -0.495 e. The Morgan fingerprint density at radius 1 is 0.929 bits per heavy atom. The fraction of sp³-hybridized carbons (Fsp3) is 0.211. The summed E-state index contributed by atoms with van der Waals surface area (Å²) in [6.07, 6.45) is 0. The van der Waals surface area contributed by atoms with Gasteiger partial charge in [-0.05, 0) is 42.5 Å². The number of rotatable bonds is 8. The fourth-order valence-corrected chi connectivity index (χ4v) is 2.86. The van der Waals surface area contributed by atoms with Crippen LogP contribution < -0.4 is 20.7 Å². The largest absolute Gasteiger partial charge is 0.495 e. The van der Waals surface area contributed by atoms with Crippen molar-refractivity contribution in [1.82, 2.24) is 0 Å². The molecule has 0 radical (unpaired) electrons. The Kier molecular flexibility index (Phi) is 7.82. The third kappa shape index (κ3) is 6.92. The van der Waals surface area contributed by atoms with E-state index in [9.17, 15) is 18.8 Å². The van der Waals surface area contributed by atoms with E-state index in [4.69, 9.17) is 4.74 Å². The summed E-state index contributed by atoms with van der Waals surface area (Å²) in [4.78, 5) is 35.2. The molecule has 0 saturated heterocycles. The number of carbonyl (C=O) groups is 3. The first-order valence-electron chi connectivity index (χ1n) is 8.26. The van der Waals surface area contributed by atoms with Crippen LogP contribution in [0.3, 0.4) is 0 Å². The number of ether oxygens (including phenoxy) is 1. The van der Waals surface area contributed by atoms with Crippen molar-refractivity contribution in [3.05, 3.63) is 48.3 Å². The normalized spacial score (nSPS) is 10.1. The first-order valence-corrected chi connectivity index (χ1v) is 9.41. The van der Waals surface area contributed by atoms with Gasteiger partial charge in [0.2, 0.25) is 17.7 Å². The molecule has 3 amide bonds. The van der Waals surface area contributed by atoms with Crippen molar-refractivity contribution in [2.45, 2.75) is 6.92 Å². The van der Waals surface area contributed by atoms with Crippen molar-refractivity contribution in [1.29, 1.82) is 0 Å². The Balaban J connectivity index is 1.84. The van der Waals surface area contributed by atoms with Crippen LogP contribution in [0, 0.1) is 5.82 Å². The van der Waals surface area contributed by atoms with E-state index in [0.29, 0.717) is 22.8 Å². The highest BCUT2D eigenvalue weighted by atomic mass is 32.2. The van der Waals surface area contributed by atoms with Crippen molar-refractivity contribution in [2.75, 3.05) is 34.6 Å². The SMILES string of the molecule is COc1ccc(NC(C)=O)cc1NC(=O)CSCC(=O)Nc1ccc(F)cc1. The maximum absolute atomic E-state index is 12.8. The first-order chi connectivity index (χ1) is 13.4. The second-order valence-corrected chi connectivity index (χ2v) is 6.68. The van der Waals surface area contributed by atoms with E-state index in [1.54, 1.807) is 18.2 Å². The van der Waals surface area contributed by atoms with E-state index in [0.717, 1.165) is 11.8 Å². The molecule has 0 aliphatic heterocycles. The van der Waals surface area contributed by atoms with Gasteiger partial charge < -0.3 is 20.7 Å². The van der Waals surface area contributed by atoms with Gasteiger partial charge in [-0.1, -0.05) is 0 Å². The topological polar surface area (TPSA) is 96.5 Å². The van der Waals surface area contributed by atoms with Gasteiger partial charge in [0.1, 0.15) is 11.6 Å². The predicted octanol–water partition coefficient (Wildman–Crippen LogP) is 3.10. The van der Waals surface area contributed by atoms with Gasteiger partial charge in [0.05, 0.1) is 24.3 Å². The van der Waals surface area contributed by atoms with Crippen LogP contribution in [0.4, 0.5) is 21.5 Å². The van der Waals surface area contributed by atoms with Crippen LogP contribution in [0.1, 0.15) is 6.92 Å². The number of anilines is 3. The molecule has 2 rings (SSSR count). The van der Waals surface area contributed by atoms with E-state index in [1.165, 1.54) is 38.3 Å². The molecular formula is C19H20FN3O4S. The molecule has 28 heavy (non-hydrogen) atoms. The summed E-state index contributed by atoms with van der Waals surface area (Å²) in [7, 11) is 1.47. The van der Waals surface area contributed by atoms with Crippen LogP contribution in [0.25, 0.3) is 0 Å². The number of hydrogen-bond acceptors (Lipinski definition) is 5. The lowest BCUT2D eigenvalue weighted by Crippen LogP contribution is -2.19. The monoisotopic (exact) mass is 405 g/mol. The molecule has 0 heterocycles. The molecule has 2 aromatic carbocycles. The zero-order valence-electron chi connectivity index (χ0n) is 15.4. The smallest absolute Gasteiger partial charge is 0.234 e. The minimum absolute atomic E-state index is 0.0460. The molecule has 0 aromatic heterocycles. The number of benzene rings is 2. The maximum Gasteiger partial charge on any atom is 0.234 e. The van der Waals surface area contributed by atoms with Crippen molar-refractivity contribution < 1.29 is 23.5 Å². The summed E-state index contributed by atoms with van der Waals surface area (Å²) in [5.41, 5.74) is 1.42. The van der Waals surface area contributed by atoms with Gasteiger partial charge in [0, 0.05) is 18.3 Å². The third-order valence-corrected chi connectivity index (χ3v) is 4.32. The quantitative estimate of drug-likeness (QED) is 0.627. The number of nitrogens with one attached hydrogen (secondary N) is 3. The van der Waals surface area contributed by atoms with Crippen LogP contribution in [0.2, 0.25) is 0 Å². The Labute approximate surface area is 166 Å². The summed E-state index contributed by atoms with van der Waals surface area (Å²) >= 11 is 1.13. The molecule has 0 aliphatic rings. The lowest BCUT2D eigenvalue weighted by molar-refractivity contribution is -0.115. The Morgan fingerprint density at radius 3 is 2.14 bits per heavy atom. The van der Waals surface area contributed by atoms with Crippen LogP contribution >= 0.6 is 11.8 Å². The van der Waals surface area contributed by atoms with Gasteiger partial charge in [-0.25, -0.2) is 4.39 Å². The molecular weight excluding hydrogens is 385 g/mol. The van der Waals surface area contributed by atoms with Crippen LogP contribution in [-0.2, 0) is 14.4 Å². The first kappa shape index (κ1) is 21.2. The average Bonchev–Trinajstić information content (AvgIpc) is 2.63. The van der Waals surface area contributed by atoms with E-state index in [2.05, 4.69) is 16.0 Å². The highest BCUT2D eigenvalue weighted by Gasteiger charge is 2.11. The summed E-state index contributed by atoms with van der Waals surface area (Å²) < 4.78 is 18.0. The predicted molar refractivity (Wildman–Crippen MR) is 108 cm³/mol. The van der Waals surface area contributed by atoms with E-state index in [-0.39, 0.29) is 35.0 Å². The zero-order valence-corrected chi connectivity index (χ0v) is 16.2. The number of methoxy groups -OCH3 is 1. The summed E-state index contributed by atoms with van der Waals surface area (Å²) in [5, 5.41) is 7.94. The number of halogens is 1. The molecule has 148 valence electrons. The minimum atomic E-state index is -0.387. The molecule has 0 unspecified atom stereocenters. The standard InChI is InChI=1S/C19H20FN3O4S/c1-12(24)21-15-7-8-17(27-2)16(9-15)23-19(26)11-28-10-18(25)22-14-5-3-13(20)4-6-14/h3-9H,10-11H2,1-2H3,(H,21,24)(H,22,25)(H,23,26). The lowest BCUT2D eigenvalue weighted by atomic mass is 10.2. The second-order valence-electron chi connectivity index (χ2n) is 5.69. The Bertz CT molecular complexity index is 859. The van der Waals surface area contributed by atoms with Gasteiger partial charge >= 0.3 is 0 Å². The molecule has 0 fully saturated rings. The number of hydrogen-bond donors (Lipinski definition) is 3. The van der Waals surface area contributed by atoms with Crippen LogP contribution in [0.15, 0.2) is 42.5 Å². The van der Waals surface area contributed by atoms with Crippen molar-refractivity contribution in [3.63, 3.8) is 0 Å². The molecule has 9 heteroatoms. The molecule has 0 spiro atoms. The molecule has 0 saturated carbocycles. The van der Waals surface area contributed by atoms with E-state index >= 15 is 0 Å². The van der Waals surface area contributed by atoms with Gasteiger partial charge in [-0.15, -0.1) is 11.8 Å². The van der Waals surface area contributed by atoms with Gasteiger partial charge in [0.15, 0.2) is 0 Å². The number of amides is 3. The van der Waals surface area contributed by atoms with Gasteiger partial charge in [0.25, 0.3) is 0 Å². The lowest BCUT2D eigenvalue weighted by Gasteiger charge is -2.12.